The standard InChI is InChI=1S/C32H50N2O3S.Na/c1-2-3-4-5-6-7-8-9-10-11-12-13-14-15-16-22-27-32(38(35,36)37)33-30-25-20-21-26-31(30)34(32)28-29-23-18-17-19-24-29;/h17-21,23-26,33H,2-16,22,27-28H2,1H3,(H,35,36,37);/q;+1/p-1. The molecule has 2 aromatic carbocycles. The number of fused-ring (bicyclic) bond motifs is 1. The van der Waals surface area contributed by atoms with Gasteiger partial charge in [-0.05, 0) is 24.1 Å². The van der Waals surface area contributed by atoms with Crippen molar-refractivity contribution in [2.75, 3.05) is 10.2 Å². The smallest absolute Gasteiger partial charge is 0.745 e. The molecule has 1 unspecified atom stereocenters. The van der Waals surface area contributed by atoms with Gasteiger partial charge in [-0.1, -0.05) is 146 Å². The van der Waals surface area contributed by atoms with Crippen molar-refractivity contribution >= 4 is 21.5 Å². The maximum atomic E-state index is 12.8. The van der Waals surface area contributed by atoms with Gasteiger partial charge < -0.3 is 14.8 Å². The summed E-state index contributed by atoms with van der Waals surface area (Å²) < 4.78 is 38.3. The number of nitrogens with zero attached hydrogens (tertiary/aromatic N) is 1. The molecule has 0 amide bonds. The van der Waals surface area contributed by atoms with E-state index in [4.69, 9.17) is 0 Å². The number of unbranched alkanes of at least 4 members (excludes halogenated alkanes) is 15. The molecule has 0 radical (unpaired) electrons. The van der Waals surface area contributed by atoms with Crippen LogP contribution >= 0.6 is 0 Å². The van der Waals surface area contributed by atoms with Gasteiger partial charge in [0.15, 0.2) is 0 Å². The van der Waals surface area contributed by atoms with Crippen LogP contribution < -0.4 is 39.8 Å². The van der Waals surface area contributed by atoms with Crippen molar-refractivity contribution in [1.29, 1.82) is 0 Å². The molecule has 39 heavy (non-hydrogen) atoms. The van der Waals surface area contributed by atoms with E-state index in [2.05, 4.69) is 12.2 Å². The second-order valence-electron chi connectivity index (χ2n) is 11.0. The predicted octanol–water partition coefficient (Wildman–Crippen LogP) is 5.97. The Morgan fingerprint density at radius 1 is 0.692 bits per heavy atom. The Balaban J connectivity index is 0.00000533. The molecule has 1 heterocycles. The number of hydrogen-bond acceptors (Lipinski definition) is 5. The van der Waals surface area contributed by atoms with Crippen molar-refractivity contribution < 1.29 is 42.5 Å². The van der Waals surface area contributed by atoms with E-state index in [9.17, 15) is 13.0 Å². The Kier molecular flexibility index (Phi) is 16.1. The summed E-state index contributed by atoms with van der Waals surface area (Å²) in [5, 5.41) is 3.14. The molecular weight excluding hydrogens is 515 g/mol. The van der Waals surface area contributed by atoms with Crippen LogP contribution in [0.15, 0.2) is 54.6 Å². The Hall–Kier alpha value is -1.05. The van der Waals surface area contributed by atoms with Gasteiger partial charge in [0.2, 0.25) is 4.99 Å². The van der Waals surface area contributed by atoms with E-state index in [0.29, 0.717) is 18.7 Å². The molecule has 0 aromatic heterocycles. The SMILES string of the molecule is CCCCCCCCCCCCCCCCCCC1(S(=O)(=O)[O-])Nc2ccccc2N1Cc1ccccc1.[Na+]. The zero-order valence-electron chi connectivity index (χ0n) is 24.5. The molecule has 0 bridgehead atoms. The molecule has 0 aliphatic carbocycles. The molecule has 3 rings (SSSR count). The molecule has 1 atom stereocenters. The zero-order chi connectivity index (χ0) is 27.1. The maximum absolute atomic E-state index is 12.8. The van der Waals surface area contributed by atoms with Crippen LogP contribution in [0.4, 0.5) is 11.4 Å². The third kappa shape index (κ3) is 10.7. The van der Waals surface area contributed by atoms with Crippen molar-refractivity contribution in [3.63, 3.8) is 0 Å². The van der Waals surface area contributed by atoms with Crippen LogP contribution in [0.2, 0.25) is 0 Å². The minimum Gasteiger partial charge on any atom is -0.745 e. The first kappa shape index (κ1) is 34.2. The van der Waals surface area contributed by atoms with E-state index in [1.54, 1.807) is 4.90 Å². The summed E-state index contributed by atoms with van der Waals surface area (Å²) in [5.74, 6) is 0. The van der Waals surface area contributed by atoms with Crippen molar-refractivity contribution in [2.24, 2.45) is 0 Å². The van der Waals surface area contributed by atoms with Gasteiger partial charge in [0, 0.05) is 13.0 Å². The van der Waals surface area contributed by atoms with Gasteiger partial charge in [0.05, 0.1) is 11.4 Å². The largest absolute Gasteiger partial charge is 1.00 e. The van der Waals surface area contributed by atoms with Crippen LogP contribution in [-0.4, -0.2) is 18.0 Å². The molecule has 2 aromatic rings. The fourth-order valence-corrected chi connectivity index (χ4v) is 6.76. The summed E-state index contributed by atoms with van der Waals surface area (Å²) in [6.07, 6.45) is 20.4. The Morgan fingerprint density at radius 2 is 1.15 bits per heavy atom. The Morgan fingerprint density at radius 3 is 1.67 bits per heavy atom. The molecule has 0 saturated heterocycles. The monoisotopic (exact) mass is 564 g/mol. The molecule has 7 heteroatoms. The van der Waals surface area contributed by atoms with Crippen LogP contribution in [-0.2, 0) is 16.7 Å². The first-order chi connectivity index (χ1) is 18.5. The molecule has 0 saturated carbocycles. The summed E-state index contributed by atoms with van der Waals surface area (Å²) in [5.41, 5.74) is 2.46. The molecule has 1 N–H and O–H groups in total. The van der Waals surface area contributed by atoms with Crippen molar-refractivity contribution in [3.8, 4) is 0 Å². The second-order valence-corrected chi connectivity index (χ2v) is 12.6. The first-order valence-corrected chi connectivity index (χ1v) is 16.5. The van der Waals surface area contributed by atoms with Crippen LogP contribution in [0.5, 0.6) is 0 Å². The van der Waals surface area contributed by atoms with Gasteiger partial charge in [-0.15, -0.1) is 0 Å². The van der Waals surface area contributed by atoms with Crippen LogP contribution in [0, 0.1) is 0 Å². The summed E-state index contributed by atoms with van der Waals surface area (Å²) in [7, 11) is -4.66. The van der Waals surface area contributed by atoms with Crippen LogP contribution in [0.1, 0.15) is 122 Å². The summed E-state index contributed by atoms with van der Waals surface area (Å²) in [6.45, 7) is 2.63. The number of nitrogens with one attached hydrogen (secondary N) is 1. The van der Waals surface area contributed by atoms with E-state index in [1.807, 2.05) is 54.6 Å². The quantitative estimate of drug-likeness (QED) is 0.122. The molecule has 0 spiro atoms. The van der Waals surface area contributed by atoms with E-state index >= 15 is 0 Å². The van der Waals surface area contributed by atoms with Crippen molar-refractivity contribution in [2.45, 2.75) is 128 Å². The molecule has 5 nitrogen and oxygen atoms in total. The van der Waals surface area contributed by atoms with Gasteiger partial charge in [-0.2, -0.15) is 0 Å². The second kappa shape index (κ2) is 18.4. The van der Waals surface area contributed by atoms with Gasteiger partial charge in [-0.25, -0.2) is 8.42 Å². The average molecular weight is 565 g/mol. The summed E-state index contributed by atoms with van der Waals surface area (Å²) in [4.78, 5) is 0.119. The van der Waals surface area contributed by atoms with Gasteiger partial charge in [-0.3, -0.25) is 0 Å². The summed E-state index contributed by atoms with van der Waals surface area (Å²) >= 11 is 0. The van der Waals surface area contributed by atoms with E-state index in [1.165, 1.54) is 83.5 Å². The molecule has 1 aliphatic rings. The van der Waals surface area contributed by atoms with Crippen molar-refractivity contribution in [3.05, 3.63) is 60.2 Å². The van der Waals surface area contributed by atoms with Gasteiger partial charge in [0.25, 0.3) is 0 Å². The van der Waals surface area contributed by atoms with Gasteiger partial charge >= 0.3 is 29.6 Å². The van der Waals surface area contributed by atoms with E-state index in [-0.39, 0.29) is 36.0 Å². The fraction of sp³-hybridized carbons (Fsp3) is 0.625. The third-order valence-electron chi connectivity index (χ3n) is 7.93. The Bertz CT molecular complexity index is 1030. The number of rotatable bonds is 20. The topological polar surface area (TPSA) is 72.5 Å². The van der Waals surface area contributed by atoms with E-state index < -0.39 is 15.1 Å². The van der Waals surface area contributed by atoms with E-state index in [0.717, 1.165) is 24.1 Å². The number of anilines is 2. The molecule has 212 valence electrons. The number of benzene rings is 2. The maximum Gasteiger partial charge on any atom is 1.00 e. The van der Waals surface area contributed by atoms with Crippen LogP contribution in [0.25, 0.3) is 0 Å². The van der Waals surface area contributed by atoms with Crippen LogP contribution in [0.3, 0.4) is 0 Å². The minimum atomic E-state index is -4.66. The number of hydrogen-bond donors (Lipinski definition) is 1. The fourth-order valence-electron chi connectivity index (χ4n) is 5.70. The first-order valence-electron chi connectivity index (χ1n) is 15.1. The normalized spacial score (nSPS) is 16.5. The predicted molar refractivity (Wildman–Crippen MR) is 159 cm³/mol. The Labute approximate surface area is 260 Å². The van der Waals surface area contributed by atoms with Crippen molar-refractivity contribution in [1.82, 2.24) is 0 Å². The average Bonchev–Trinajstić information content (AvgIpc) is 3.23. The molecule has 1 aliphatic heterocycles. The molecule has 0 fully saturated rings. The van der Waals surface area contributed by atoms with Gasteiger partial charge in [0.1, 0.15) is 10.1 Å². The summed E-state index contributed by atoms with van der Waals surface area (Å²) in [6, 6.07) is 17.3. The third-order valence-corrected chi connectivity index (χ3v) is 9.28. The minimum absolute atomic E-state index is 0. The number of para-hydroxylation sites is 2. The molecular formula is C32H49N2NaO3S. The zero-order valence-corrected chi connectivity index (χ0v) is 27.3.